The van der Waals surface area contributed by atoms with E-state index in [1.165, 1.54) is 6.07 Å². The smallest absolute Gasteiger partial charge is 0.136 e. The Morgan fingerprint density at radius 1 is 1.44 bits per heavy atom. The van der Waals surface area contributed by atoms with E-state index in [-0.39, 0.29) is 11.4 Å². The molecule has 1 saturated heterocycles. The third-order valence-electron chi connectivity index (χ3n) is 3.71. The zero-order valence-electron chi connectivity index (χ0n) is 10.9. The lowest BCUT2D eigenvalue weighted by Gasteiger charge is -2.39. The first-order valence-electron chi connectivity index (χ1n) is 6.40. The average molecular weight is 249 g/mol. The van der Waals surface area contributed by atoms with Gasteiger partial charge >= 0.3 is 0 Å². The maximum absolute atomic E-state index is 13.8. The second-order valence-corrected chi connectivity index (χ2v) is 5.22. The van der Waals surface area contributed by atoms with E-state index in [4.69, 9.17) is 11.1 Å². The largest absolute Gasteiger partial charge is 0.384 e. The van der Waals surface area contributed by atoms with Crippen molar-refractivity contribution in [1.82, 2.24) is 0 Å². The molecule has 2 unspecified atom stereocenters. The Hall–Kier alpha value is -1.58. The number of anilines is 1. The molecule has 4 heteroatoms. The first-order valence-corrected chi connectivity index (χ1v) is 6.40. The number of amidine groups is 1. The first kappa shape index (κ1) is 12.9. The van der Waals surface area contributed by atoms with Crippen LogP contribution in [-0.2, 0) is 0 Å². The van der Waals surface area contributed by atoms with Gasteiger partial charge in [0.05, 0.1) is 11.3 Å². The summed E-state index contributed by atoms with van der Waals surface area (Å²) in [5.41, 5.74) is 6.50. The minimum absolute atomic E-state index is 0.200. The molecule has 18 heavy (non-hydrogen) atoms. The predicted molar refractivity (Wildman–Crippen MR) is 72.6 cm³/mol. The summed E-state index contributed by atoms with van der Waals surface area (Å²) in [5.74, 6) is 0.0883. The van der Waals surface area contributed by atoms with Gasteiger partial charge in [0.1, 0.15) is 11.7 Å². The maximum Gasteiger partial charge on any atom is 0.136 e. The van der Waals surface area contributed by atoms with Crippen molar-refractivity contribution in [2.45, 2.75) is 32.7 Å². The topological polar surface area (TPSA) is 53.1 Å². The van der Waals surface area contributed by atoms with Gasteiger partial charge in [0.15, 0.2) is 0 Å². The zero-order chi connectivity index (χ0) is 13.3. The van der Waals surface area contributed by atoms with E-state index in [0.29, 0.717) is 12.0 Å². The highest BCUT2D eigenvalue weighted by atomic mass is 19.1. The number of nitrogens with zero attached hydrogens (tertiary/aromatic N) is 1. The molecule has 0 bridgehead atoms. The predicted octanol–water partition coefficient (Wildman–Crippen LogP) is 2.73. The third-order valence-corrected chi connectivity index (χ3v) is 3.71. The van der Waals surface area contributed by atoms with Gasteiger partial charge in [0.25, 0.3) is 0 Å². The SMILES string of the molecule is CC1CCN(c2cccc(F)c2C(=N)N)C(C)C1. The van der Waals surface area contributed by atoms with Gasteiger partial charge in [-0.05, 0) is 37.8 Å². The summed E-state index contributed by atoms with van der Waals surface area (Å²) in [5, 5.41) is 7.55. The summed E-state index contributed by atoms with van der Waals surface area (Å²) in [7, 11) is 0. The van der Waals surface area contributed by atoms with E-state index >= 15 is 0 Å². The molecule has 1 aromatic rings. The number of nitrogens with one attached hydrogen (secondary N) is 1. The van der Waals surface area contributed by atoms with Crippen molar-refractivity contribution in [3.8, 4) is 0 Å². The standard InChI is InChI=1S/C14H20FN3/c1-9-6-7-18(10(2)8-9)12-5-3-4-11(15)13(12)14(16)17/h3-5,9-10H,6-8H2,1-2H3,(H3,16,17). The van der Waals surface area contributed by atoms with Crippen LogP contribution in [0.4, 0.5) is 10.1 Å². The van der Waals surface area contributed by atoms with E-state index in [2.05, 4.69) is 18.7 Å². The van der Waals surface area contributed by atoms with Crippen LogP contribution in [0.5, 0.6) is 0 Å². The normalized spacial score (nSPS) is 24.1. The number of nitrogen functional groups attached to an aromatic ring is 1. The lowest BCUT2D eigenvalue weighted by molar-refractivity contribution is 0.377. The van der Waals surface area contributed by atoms with Crippen LogP contribution in [0.2, 0.25) is 0 Å². The second kappa shape index (κ2) is 4.96. The van der Waals surface area contributed by atoms with Crippen LogP contribution in [0.3, 0.4) is 0 Å². The monoisotopic (exact) mass is 249 g/mol. The van der Waals surface area contributed by atoms with Gasteiger partial charge in [-0.3, -0.25) is 5.41 Å². The molecular formula is C14H20FN3. The Morgan fingerprint density at radius 2 is 2.17 bits per heavy atom. The van der Waals surface area contributed by atoms with Crippen LogP contribution in [0.1, 0.15) is 32.3 Å². The highest BCUT2D eigenvalue weighted by Gasteiger charge is 2.26. The molecule has 1 aromatic carbocycles. The number of halogens is 1. The summed E-state index contributed by atoms with van der Waals surface area (Å²) in [6, 6.07) is 5.25. The van der Waals surface area contributed by atoms with Gasteiger partial charge in [-0.25, -0.2) is 4.39 Å². The molecule has 0 spiro atoms. The van der Waals surface area contributed by atoms with E-state index in [1.54, 1.807) is 6.07 Å². The molecule has 1 aliphatic heterocycles. The lowest BCUT2D eigenvalue weighted by atomic mass is 9.92. The summed E-state index contributed by atoms with van der Waals surface area (Å²) >= 11 is 0. The fraction of sp³-hybridized carbons (Fsp3) is 0.500. The number of hydrogen-bond acceptors (Lipinski definition) is 2. The molecule has 1 heterocycles. The molecular weight excluding hydrogens is 229 g/mol. The van der Waals surface area contributed by atoms with Gasteiger partial charge in [-0.15, -0.1) is 0 Å². The summed E-state index contributed by atoms with van der Waals surface area (Å²) in [6.45, 7) is 5.28. The molecule has 0 radical (unpaired) electrons. The Labute approximate surface area is 107 Å². The minimum Gasteiger partial charge on any atom is -0.384 e. The van der Waals surface area contributed by atoms with E-state index in [9.17, 15) is 4.39 Å². The van der Waals surface area contributed by atoms with Crippen molar-refractivity contribution in [3.05, 3.63) is 29.6 Å². The van der Waals surface area contributed by atoms with Crippen molar-refractivity contribution in [3.63, 3.8) is 0 Å². The summed E-state index contributed by atoms with van der Waals surface area (Å²) in [4.78, 5) is 2.17. The van der Waals surface area contributed by atoms with E-state index in [0.717, 1.165) is 25.1 Å². The molecule has 0 aliphatic carbocycles. The Morgan fingerprint density at radius 3 is 2.78 bits per heavy atom. The molecule has 3 N–H and O–H groups in total. The van der Waals surface area contributed by atoms with Crippen molar-refractivity contribution in [2.24, 2.45) is 11.7 Å². The van der Waals surface area contributed by atoms with Gasteiger partial charge in [-0.1, -0.05) is 13.0 Å². The average Bonchev–Trinajstić information content (AvgIpc) is 2.28. The maximum atomic E-state index is 13.8. The van der Waals surface area contributed by atoms with Crippen LogP contribution in [0.25, 0.3) is 0 Å². The highest BCUT2D eigenvalue weighted by molar-refractivity contribution is 6.00. The molecule has 0 saturated carbocycles. The van der Waals surface area contributed by atoms with Crippen LogP contribution in [0.15, 0.2) is 18.2 Å². The van der Waals surface area contributed by atoms with Crippen LogP contribution in [-0.4, -0.2) is 18.4 Å². The molecule has 1 aliphatic rings. The highest BCUT2D eigenvalue weighted by Crippen LogP contribution is 2.31. The van der Waals surface area contributed by atoms with Crippen molar-refractivity contribution in [2.75, 3.05) is 11.4 Å². The number of benzene rings is 1. The number of hydrogen-bond donors (Lipinski definition) is 2. The molecule has 2 atom stereocenters. The number of nitrogens with two attached hydrogens (primary N) is 1. The van der Waals surface area contributed by atoms with E-state index < -0.39 is 5.82 Å². The molecule has 1 fully saturated rings. The quantitative estimate of drug-likeness (QED) is 0.625. The zero-order valence-corrected chi connectivity index (χ0v) is 10.9. The van der Waals surface area contributed by atoms with Crippen LogP contribution >= 0.6 is 0 Å². The van der Waals surface area contributed by atoms with Crippen LogP contribution < -0.4 is 10.6 Å². The lowest BCUT2D eigenvalue weighted by Crippen LogP contribution is -2.41. The van der Waals surface area contributed by atoms with Gasteiger partial charge in [-0.2, -0.15) is 0 Å². The van der Waals surface area contributed by atoms with Crippen molar-refractivity contribution < 1.29 is 4.39 Å². The fourth-order valence-electron chi connectivity index (χ4n) is 2.78. The second-order valence-electron chi connectivity index (χ2n) is 5.22. The summed E-state index contributed by atoms with van der Waals surface area (Å²) in [6.07, 6.45) is 2.19. The van der Waals surface area contributed by atoms with Crippen molar-refractivity contribution >= 4 is 11.5 Å². The minimum atomic E-state index is -0.411. The van der Waals surface area contributed by atoms with Crippen LogP contribution in [0, 0.1) is 17.1 Å². The summed E-state index contributed by atoms with van der Waals surface area (Å²) < 4.78 is 13.8. The molecule has 0 amide bonds. The molecule has 2 rings (SSSR count). The fourth-order valence-corrected chi connectivity index (χ4v) is 2.78. The number of piperidine rings is 1. The van der Waals surface area contributed by atoms with Crippen molar-refractivity contribution in [1.29, 1.82) is 5.41 Å². The van der Waals surface area contributed by atoms with Gasteiger partial charge in [0, 0.05) is 12.6 Å². The Balaban J connectivity index is 2.39. The van der Waals surface area contributed by atoms with Gasteiger partial charge < -0.3 is 10.6 Å². The number of rotatable bonds is 2. The molecule has 0 aromatic heterocycles. The van der Waals surface area contributed by atoms with E-state index in [1.807, 2.05) is 6.07 Å². The Kier molecular flexibility index (Phi) is 3.55. The Bertz CT molecular complexity index is 458. The molecule has 98 valence electrons. The molecule has 3 nitrogen and oxygen atoms in total. The third kappa shape index (κ3) is 2.33. The van der Waals surface area contributed by atoms with Gasteiger partial charge in [0.2, 0.25) is 0 Å². The first-order chi connectivity index (χ1) is 8.50.